The Hall–Kier alpha value is -1.87. The summed E-state index contributed by atoms with van der Waals surface area (Å²) >= 11 is 6.10. The van der Waals surface area contributed by atoms with Crippen LogP contribution in [0.1, 0.15) is 6.92 Å². The Morgan fingerprint density at radius 2 is 2.00 bits per heavy atom. The molecule has 1 unspecified atom stereocenters. The Morgan fingerprint density at radius 3 is 2.46 bits per heavy atom. The lowest BCUT2D eigenvalue weighted by Gasteiger charge is -2.25. The first-order valence-electron chi connectivity index (χ1n) is 6.86. The lowest BCUT2D eigenvalue weighted by atomic mass is 10.2. The van der Waals surface area contributed by atoms with Crippen LogP contribution >= 0.6 is 11.6 Å². The summed E-state index contributed by atoms with van der Waals surface area (Å²) in [4.78, 5) is 12.9. The third-order valence-electron chi connectivity index (χ3n) is 3.17. The minimum atomic E-state index is -4.81. The van der Waals surface area contributed by atoms with Gasteiger partial charge in [-0.15, -0.1) is 0 Å². The molecule has 0 saturated carbocycles. The van der Waals surface area contributed by atoms with E-state index in [2.05, 4.69) is 5.32 Å². The molecule has 0 bridgehead atoms. The van der Waals surface area contributed by atoms with Gasteiger partial charge in [-0.1, -0.05) is 11.6 Å². The highest BCUT2D eigenvalue weighted by molar-refractivity contribution is 6.35. The van der Waals surface area contributed by atoms with E-state index in [1.165, 1.54) is 33.3 Å². The summed E-state index contributed by atoms with van der Waals surface area (Å²) < 4.78 is 47.4. The monoisotopic (exact) mass is 370 g/mol. The van der Waals surface area contributed by atoms with Crippen LogP contribution in [0.5, 0.6) is 11.5 Å². The predicted molar refractivity (Wildman–Crippen MR) is 82.9 cm³/mol. The lowest BCUT2D eigenvalue weighted by molar-refractivity contribution is -0.206. The summed E-state index contributed by atoms with van der Waals surface area (Å²) in [5.74, 6) is 0.510. The highest BCUT2D eigenvalue weighted by Crippen LogP contribution is 2.40. The van der Waals surface area contributed by atoms with Gasteiger partial charge in [0.25, 0.3) is 0 Å². The zero-order valence-electron chi connectivity index (χ0n) is 13.3. The van der Waals surface area contributed by atoms with Gasteiger partial charge in [0, 0.05) is 6.54 Å². The first-order valence-corrected chi connectivity index (χ1v) is 7.24. The van der Waals surface area contributed by atoms with Crippen molar-refractivity contribution >= 4 is 23.3 Å². The fourth-order valence-electron chi connectivity index (χ4n) is 1.85. The highest BCUT2D eigenvalue weighted by Gasteiger charge is 2.39. The van der Waals surface area contributed by atoms with E-state index in [0.29, 0.717) is 5.75 Å². The molecule has 1 aromatic carbocycles. The summed E-state index contributed by atoms with van der Waals surface area (Å²) in [6, 6.07) is 2.08. The van der Waals surface area contributed by atoms with Crippen LogP contribution < -0.4 is 14.8 Å². The van der Waals surface area contributed by atoms with Crippen molar-refractivity contribution in [2.24, 2.45) is 0 Å². The molecule has 0 spiro atoms. The van der Waals surface area contributed by atoms with Crippen LogP contribution in [0, 0.1) is 0 Å². The van der Waals surface area contributed by atoms with Gasteiger partial charge in [-0.2, -0.15) is 13.2 Å². The maximum atomic E-state index is 12.4. The van der Waals surface area contributed by atoms with Crippen molar-refractivity contribution in [2.75, 3.05) is 32.6 Å². The molecule has 1 atom stereocenters. The van der Waals surface area contributed by atoms with Crippen LogP contribution in [-0.2, 0) is 0 Å². The van der Waals surface area contributed by atoms with Crippen LogP contribution in [0.4, 0.5) is 23.7 Å². The van der Waals surface area contributed by atoms with Crippen molar-refractivity contribution in [2.45, 2.75) is 19.2 Å². The molecule has 24 heavy (non-hydrogen) atoms. The van der Waals surface area contributed by atoms with Crippen LogP contribution in [0.25, 0.3) is 0 Å². The van der Waals surface area contributed by atoms with Gasteiger partial charge in [-0.3, -0.25) is 0 Å². The van der Waals surface area contributed by atoms with Crippen molar-refractivity contribution in [3.05, 3.63) is 17.2 Å². The maximum Gasteiger partial charge on any atom is 0.416 e. The first kappa shape index (κ1) is 20.2. The molecule has 0 aliphatic carbocycles. The molecule has 0 radical (unpaired) electrons. The Kier molecular flexibility index (Phi) is 6.97. The number of hydrogen-bond acceptors (Lipinski definition) is 4. The third kappa shape index (κ3) is 4.81. The topological polar surface area (TPSA) is 71.0 Å². The van der Waals surface area contributed by atoms with Crippen molar-refractivity contribution < 1.29 is 32.5 Å². The molecule has 136 valence electrons. The summed E-state index contributed by atoms with van der Waals surface area (Å²) in [6.45, 7) is 0.555. The summed E-state index contributed by atoms with van der Waals surface area (Å²) in [5, 5.41) is 11.5. The van der Waals surface area contributed by atoms with Gasteiger partial charge < -0.3 is 24.8 Å². The van der Waals surface area contributed by atoms with E-state index in [9.17, 15) is 18.0 Å². The number of methoxy groups -OCH3 is 2. The normalized spacial score (nSPS) is 12.5. The van der Waals surface area contributed by atoms with Crippen molar-refractivity contribution in [1.29, 1.82) is 0 Å². The number of carbonyl (C=O) groups is 1. The number of carbonyl (C=O) groups excluding carboxylic acids is 1. The highest BCUT2D eigenvalue weighted by atomic mass is 35.5. The second kappa shape index (κ2) is 8.29. The van der Waals surface area contributed by atoms with E-state index in [1.807, 2.05) is 0 Å². The van der Waals surface area contributed by atoms with Crippen molar-refractivity contribution in [3.63, 3.8) is 0 Å². The minimum absolute atomic E-state index is 0.0378. The van der Waals surface area contributed by atoms with Gasteiger partial charge in [0.2, 0.25) is 0 Å². The molecule has 1 aromatic rings. The predicted octanol–water partition coefficient (Wildman–Crippen LogP) is 3.13. The van der Waals surface area contributed by atoms with Crippen LogP contribution in [-0.4, -0.2) is 55.6 Å². The SMILES string of the molecule is CCN(CC(O)C(F)(F)F)C(=O)Nc1ccc(OC)c(OC)c1Cl. The van der Waals surface area contributed by atoms with Crippen molar-refractivity contribution in [3.8, 4) is 11.5 Å². The average Bonchev–Trinajstić information content (AvgIpc) is 2.52. The zero-order chi connectivity index (χ0) is 18.5. The molecule has 10 heteroatoms. The van der Waals surface area contributed by atoms with E-state index in [0.717, 1.165) is 4.90 Å². The van der Waals surface area contributed by atoms with E-state index < -0.39 is 24.9 Å². The quantitative estimate of drug-likeness (QED) is 0.807. The number of aliphatic hydroxyl groups is 1. The number of anilines is 1. The second-order valence-electron chi connectivity index (χ2n) is 4.69. The van der Waals surface area contributed by atoms with Gasteiger partial charge in [-0.25, -0.2) is 4.79 Å². The number of benzene rings is 1. The number of hydrogen-bond donors (Lipinski definition) is 2. The first-order chi connectivity index (χ1) is 11.1. The fourth-order valence-corrected chi connectivity index (χ4v) is 2.13. The largest absolute Gasteiger partial charge is 0.493 e. The van der Waals surface area contributed by atoms with E-state index >= 15 is 0 Å². The molecule has 0 saturated heterocycles. The molecule has 2 N–H and O–H groups in total. The number of urea groups is 1. The fraction of sp³-hybridized carbons (Fsp3) is 0.500. The third-order valence-corrected chi connectivity index (χ3v) is 3.54. The number of alkyl halides is 3. The average molecular weight is 371 g/mol. The Bertz CT molecular complexity index is 584. The standard InChI is InChI=1S/C14H18ClF3N2O4/c1-4-20(7-10(21)14(16,17)18)13(22)19-8-5-6-9(23-2)12(24-3)11(8)15/h5-6,10,21H,4,7H2,1-3H3,(H,19,22). The smallest absolute Gasteiger partial charge is 0.416 e. The van der Waals surface area contributed by atoms with Crippen LogP contribution in [0.2, 0.25) is 5.02 Å². The molecule has 0 aromatic heterocycles. The maximum absolute atomic E-state index is 12.4. The van der Waals surface area contributed by atoms with Crippen LogP contribution in [0.15, 0.2) is 12.1 Å². The number of nitrogens with zero attached hydrogens (tertiary/aromatic N) is 1. The second-order valence-corrected chi connectivity index (χ2v) is 5.07. The number of likely N-dealkylation sites (N-methyl/N-ethyl adjacent to an activating group) is 1. The van der Waals surface area contributed by atoms with E-state index in [4.69, 9.17) is 26.2 Å². The molecule has 6 nitrogen and oxygen atoms in total. The Balaban J connectivity index is 2.93. The molecule has 0 aliphatic rings. The van der Waals surface area contributed by atoms with Gasteiger partial charge >= 0.3 is 12.2 Å². The molecule has 2 amide bonds. The Labute approximate surface area is 142 Å². The number of rotatable bonds is 6. The number of ether oxygens (including phenoxy) is 2. The number of aliphatic hydroxyl groups excluding tert-OH is 1. The van der Waals surface area contributed by atoms with Gasteiger partial charge in [-0.05, 0) is 19.1 Å². The van der Waals surface area contributed by atoms with Gasteiger partial charge in [0.05, 0.1) is 26.5 Å². The van der Waals surface area contributed by atoms with Gasteiger partial charge in [0.1, 0.15) is 5.02 Å². The zero-order valence-corrected chi connectivity index (χ0v) is 14.0. The summed E-state index contributed by atoms with van der Waals surface area (Å²) in [6.07, 6.45) is -7.45. The van der Waals surface area contributed by atoms with E-state index in [-0.39, 0.29) is 23.0 Å². The van der Waals surface area contributed by atoms with E-state index in [1.54, 1.807) is 0 Å². The number of halogens is 4. The molecule has 0 aliphatic heterocycles. The number of amides is 2. The van der Waals surface area contributed by atoms with Crippen molar-refractivity contribution in [1.82, 2.24) is 4.90 Å². The molecular weight excluding hydrogens is 353 g/mol. The van der Waals surface area contributed by atoms with Gasteiger partial charge in [0.15, 0.2) is 17.6 Å². The Morgan fingerprint density at radius 1 is 1.38 bits per heavy atom. The lowest BCUT2D eigenvalue weighted by Crippen LogP contribution is -2.45. The minimum Gasteiger partial charge on any atom is -0.493 e. The molecule has 0 heterocycles. The summed E-state index contributed by atoms with van der Waals surface area (Å²) in [5.41, 5.74) is 0.138. The summed E-state index contributed by atoms with van der Waals surface area (Å²) in [7, 11) is 2.76. The van der Waals surface area contributed by atoms with Crippen LogP contribution in [0.3, 0.4) is 0 Å². The molecule has 1 rings (SSSR count). The molecule has 0 fully saturated rings. The molecular formula is C14H18ClF3N2O4. The number of nitrogens with one attached hydrogen (secondary N) is 1.